The standard InChI is InChI=1S/C15H13FN2O2S/c16-11-6-7-13(12(17)8-11)21-9-14(19)18-15(20)10-4-2-1-3-5-10/h1-8H,9,17H2,(H,18,19,20). The molecule has 0 radical (unpaired) electrons. The number of hydrogen-bond donors (Lipinski definition) is 2. The summed E-state index contributed by atoms with van der Waals surface area (Å²) in [4.78, 5) is 24.1. The first-order valence-electron chi connectivity index (χ1n) is 6.13. The Kier molecular flexibility index (Phi) is 4.94. The average molecular weight is 304 g/mol. The van der Waals surface area contributed by atoms with Crippen molar-refractivity contribution in [1.82, 2.24) is 5.32 Å². The van der Waals surface area contributed by atoms with Crippen LogP contribution in [-0.2, 0) is 4.79 Å². The molecule has 6 heteroatoms. The molecule has 2 amide bonds. The van der Waals surface area contributed by atoms with Gasteiger partial charge in [0.15, 0.2) is 0 Å². The minimum Gasteiger partial charge on any atom is -0.398 e. The summed E-state index contributed by atoms with van der Waals surface area (Å²) in [5.41, 5.74) is 6.32. The highest BCUT2D eigenvalue weighted by molar-refractivity contribution is 8.00. The van der Waals surface area contributed by atoms with Gasteiger partial charge in [0, 0.05) is 16.1 Å². The molecule has 0 saturated carbocycles. The molecule has 0 aliphatic carbocycles. The highest BCUT2D eigenvalue weighted by atomic mass is 32.2. The second-order valence-electron chi connectivity index (χ2n) is 4.21. The van der Waals surface area contributed by atoms with Crippen molar-refractivity contribution in [3.05, 3.63) is 59.9 Å². The van der Waals surface area contributed by atoms with E-state index in [-0.39, 0.29) is 11.4 Å². The number of halogens is 1. The molecule has 0 saturated heterocycles. The zero-order chi connectivity index (χ0) is 15.2. The van der Waals surface area contributed by atoms with E-state index in [4.69, 9.17) is 5.73 Å². The number of anilines is 1. The SMILES string of the molecule is Nc1cc(F)ccc1SCC(=O)NC(=O)c1ccccc1. The number of hydrogen-bond acceptors (Lipinski definition) is 4. The first kappa shape index (κ1) is 15.1. The number of amides is 2. The number of nitrogens with two attached hydrogens (primary N) is 1. The minimum atomic E-state index is -0.451. The van der Waals surface area contributed by atoms with Crippen molar-refractivity contribution >= 4 is 29.3 Å². The summed E-state index contributed by atoms with van der Waals surface area (Å²) in [6.07, 6.45) is 0. The summed E-state index contributed by atoms with van der Waals surface area (Å²) >= 11 is 1.15. The second kappa shape index (κ2) is 6.90. The quantitative estimate of drug-likeness (QED) is 0.672. The van der Waals surface area contributed by atoms with Gasteiger partial charge in [0.25, 0.3) is 5.91 Å². The number of imide groups is 1. The van der Waals surface area contributed by atoms with Gasteiger partial charge in [0.2, 0.25) is 5.91 Å². The van der Waals surface area contributed by atoms with Gasteiger partial charge in [0.05, 0.1) is 5.75 Å². The van der Waals surface area contributed by atoms with Crippen LogP contribution in [0.3, 0.4) is 0 Å². The van der Waals surface area contributed by atoms with Gasteiger partial charge in [-0.25, -0.2) is 4.39 Å². The summed E-state index contributed by atoms with van der Waals surface area (Å²) in [6, 6.07) is 12.4. The van der Waals surface area contributed by atoms with Crippen molar-refractivity contribution in [3.63, 3.8) is 0 Å². The van der Waals surface area contributed by atoms with Gasteiger partial charge >= 0.3 is 0 Å². The number of carbonyl (C=O) groups excluding carboxylic acids is 2. The molecule has 0 aliphatic heterocycles. The number of nitrogens with one attached hydrogen (secondary N) is 1. The minimum absolute atomic E-state index is 0.0222. The smallest absolute Gasteiger partial charge is 0.257 e. The largest absolute Gasteiger partial charge is 0.398 e. The molecule has 21 heavy (non-hydrogen) atoms. The molecule has 0 fully saturated rings. The zero-order valence-electron chi connectivity index (χ0n) is 11.0. The molecule has 0 heterocycles. The van der Waals surface area contributed by atoms with Crippen LogP contribution in [0.4, 0.5) is 10.1 Å². The van der Waals surface area contributed by atoms with E-state index in [1.165, 1.54) is 18.2 Å². The number of carbonyl (C=O) groups is 2. The predicted octanol–water partition coefficient (Wildman–Crippen LogP) is 2.46. The number of nitrogen functional groups attached to an aromatic ring is 1. The van der Waals surface area contributed by atoms with Crippen LogP contribution in [0.15, 0.2) is 53.4 Å². The summed E-state index contributed by atoms with van der Waals surface area (Å²) < 4.78 is 12.9. The van der Waals surface area contributed by atoms with Crippen LogP contribution in [0.5, 0.6) is 0 Å². The third-order valence-electron chi connectivity index (χ3n) is 2.62. The number of benzene rings is 2. The molecule has 4 nitrogen and oxygen atoms in total. The first-order valence-corrected chi connectivity index (χ1v) is 7.12. The van der Waals surface area contributed by atoms with Crippen LogP contribution in [0, 0.1) is 5.82 Å². The molecule has 0 bridgehead atoms. The van der Waals surface area contributed by atoms with Crippen molar-refractivity contribution < 1.29 is 14.0 Å². The van der Waals surface area contributed by atoms with Crippen LogP contribution >= 0.6 is 11.8 Å². The Balaban J connectivity index is 1.89. The van der Waals surface area contributed by atoms with Gasteiger partial charge in [-0.3, -0.25) is 14.9 Å². The Bertz CT molecular complexity index is 662. The van der Waals surface area contributed by atoms with E-state index in [1.54, 1.807) is 30.3 Å². The van der Waals surface area contributed by atoms with E-state index >= 15 is 0 Å². The molecule has 2 rings (SSSR count). The molecule has 0 unspecified atom stereocenters. The van der Waals surface area contributed by atoms with Crippen LogP contribution in [0.2, 0.25) is 0 Å². The highest BCUT2D eigenvalue weighted by Gasteiger charge is 2.11. The molecular weight excluding hydrogens is 291 g/mol. The van der Waals surface area contributed by atoms with E-state index in [9.17, 15) is 14.0 Å². The zero-order valence-corrected chi connectivity index (χ0v) is 11.8. The van der Waals surface area contributed by atoms with Crippen molar-refractivity contribution in [3.8, 4) is 0 Å². The Morgan fingerprint density at radius 2 is 1.86 bits per heavy atom. The molecule has 2 aromatic rings. The van der Waals surface area contributed by atoms with E-state index in [0.717, 1.165) is 11.8 Å². The lowest BCUT2D eigenvalue weighted by Gasteiger charge is -2.06. The lowest BCUT2D eigenvalue weighted by atomic mass is 10.2. The van der Waals surface area contributed by atoms with Crippen molar-refractivity contribution in [1.29, 1.82) is 0 Å². The topological polar surface area (TPSA) is 72.2 Å². The Morgan fingerprint density at radius 1 is 1.14 bits per heavy atom. The van der Waals surface area contributed by atoms with Crippen molar-refractivity contribution in [2.45, 2.75) is 4.90 Å². The third kappa shape index (κ3) is 4.32. The summed E-state index contributed by atoms with van der Waals surface area (Å²) in [5, 5.41) is 2.28. The van der Waals surface area contributed by atoms with Crippen molar-refractivity contribution in [2.24, 2.45) is 0 Å². The summed E-state index contributed by atoms with van der Waals surface area (Å²) in [7, 11) is 0. The van der Waals surface area contributed by atoms with Gasteiger partial charge in [-0.05, 0) is 30.3 Å². The van der Waals surface area contributed by atoms with E-state index in [2.05, 4.69) is 5.32 Å². The molecule has 108 valence electrons. The summed E-state index contributed by atoms with van der Waals surface area (Å²) in [5.74, 6) is -1.29. The first-order chi connectivity index (χ1) is 10.1. The third-order valence-corrected chi connectivity index (χ3v) is 3.71. The monoisotopic (exact) mass is 304 g/mol. The number of rotatable bonds is 4. The van der Waals surface area contributed by atoms with Gasteiger partial charge in [0.1, 0.15) is 5.82 Å². The van der Waals surface area contributed by atoms with E-state index < -0.39 is 17.6 Å². The molecule has 2 aromatic carbocycles. The van der Waals surface area contributed by atoms with Crippen LogP contribution in [0.1, 0.15) is 10.4 Å². The van der Waals surface area contributed by atoms with E-state index in [0.29, 0.717) is 10.5 Å². The molecule has 0 aliphatic rings. The molecule has 0 atom stereocenters. The van der Waals surface area contributed by atoms with E-state index in [1.807, 2.05) is 0 Å². The fourth-order valence-electron chi connectivity index (χ4n) is 1.62. The molecule has 0 aromatic heterocycles. The van der Waals surface area contributed by atoms with Gasteiger partial charge in [-0.15, -0.1) is 11.8 Å². The fourth-order valence-corrected chi connectivity index (χ4v) is 2.37. The maximum absolute atomic E-state index is 12.9. The summed E-state index contributed by atoms with van der Waals surface area (Å²) in [6.45, 7) is 0. The second-order valence-corrected chi connectivity index (χ2v) is 5.23. The van der Waals surface area contributed by atoms with Gasteiger partial charge < -0.3 is 5.73 Å². The van der Waals surface area contributed by atoms with Gasteiger partial charge in [-0.2, -0.15) is 0 Å². The highest BCUT2D eigenvalue weighted by Crippen LogP contribution is 2.25. The Morgan fingerprint density at radius 3 is 2.52 bits per heavy atom. The van der Waals surface area contributed by atoms with Crippen LogP contribution in [-0.4, -0.2) is 17.6 Å². The lowest BCUT2D eigenvalue weighted by Crippen LogP contribution is -2.31. The maximum atomic E-state index is 12.9. The normalized spacial score (nSPS) is 10.1. The molecule has 0 spiro atoms. The maximum Gasteiger partial charge on any atom is 0.257 e. The fraction of sp³-hybridized carbons (Fsp3) is 0.0667. The average Bonchev–Trinajstić information content (AvgIpc) is 2.47. The van der Waals surface area contributed by atoms with Gasteiger partial charge in [-0.1, -0.05) is 18.2 Å². The Hall–Kier alpha value is -2.34. The van der Waals surface area contributed by atoms with Crippen molar-refractivity contribution in [2.75, 3.05) is 11.5 Å². The lowest BCUT2D eigenvalue weighted by molar-refractivity contribution is -0.117. The molecular formula is C15H13FN2O2S. The van der Waals surface area contributed by atoms with Crippen LogP contribution in [0.25, 0.3) is 0 Å². The Labute approximate surface area is 125 Å². The number of thioether (sulfide) groups is 1. The molecule has 3 N–H and O–H groups in total. The predicted molar refractivity (Wildman–Crippen MR) is 80.5 cm³/mol. The van der Waals surface area contributed by atoms with Crippen LogP contribution < -0.4 is 11.1 Å².